The van der Waals surface area contributed by atoms with E-state index in [4.69, 9.17) is 5.73 Å². The first-order valence-electron chi connectivity index (χ1n) is 7.49. The molecular weight excluding hydrogens is 304 g/mol. The third-order valence-electron chi connectivity index (χ3n) is 3.70. The molecule has 3 rings (SSSR count). The van der Waals surface area contributed by atoms with Crippen LogP contribution in [0, 0.1) is 0 Å². The average molecular weight is 322 g/mol. The van der Waals surface area contributed by atoms with Crippen LogP contribution in [0.15, 0.2) is 42.7 Å². The Balaban J connectivity index is 2.08. The molecule has 4 N–H and O–H groups in total. The van der Waals surface area contributed by atoms with Crippen LogP contribution in [0.2, 0.25) is 0 Å². The predicted molar refractivity (Wildman–Crippen MR) is 92.8 cm³/mol. The number of H-pyrrole nitrogens is 1. The molecule has 0 aliphatic heterocycles. The van der Waals surface area contributed by atoms with Crippen molar-refractivity contribution in [1.29, 1.82) is 0 Å². The molecule has 0 fully saturated rings. The molecule has 0 saturated heterocycles. The minimum Gasteiger partial charge on any atom is -0.386 e. The van der Waals surface area contributed by atoms with Gasteiger partial charge in [-0.05, 0) is 31.6 Å². The molecule has 122 valence electrons. The summed E-state index contributed by atoms with van der Waals surface area (Å²) >= 11 is 0. The fourth-order valence-corrected chi connectivity index (χ4v) is 2.41. The number of aromatic nitrogens is 3. The molecule has 2 heterocycles. The van der Waals surface area contributed by atoms with Crippen LogP contribution in [-0.2, 0) is 10.4 Å². The lowest BCUT2D eigenvalue weighted by Crippen LogP contribution is -2.15. The van der Waals surface area contributed by atoms with Crippen LogP contribution in [0.1, 0.15) is 25.0 Å². The third-order valence-corrected chi connectivity index (χ3v) is 3.70. The van der Waals surface area contributed by atoms with E-state index in [-0.39, 0.29) is 0 Å². The van der Waals surface area contributed by atoms with Crippen LogP contribution < -0.4 is 5.73 Å². The van der Waals surface area contributed by atoms with E-state index in [1.54, 1.807) is 32.3 Å². The van der Waals surface area contributed by atoms with Gasteiger partial charge < -0.3 is 15.8 Å². The predicted octanol–water partition coefficient (Wildman–Crippen LogP) is 2.35. The summed E-state index contributed by atoms with van der Waals surface area (Å²) in [5, 5.41) is 10.2. The molecule has 0 unspecified atom stereocenters. The Morgan fingerprint density at radius 3 is 2.88 bits per heavy atom. The first kappa shape index (κ1) is 15.9. The fraction of sp³-hybridized carbons (Fsp3) is 0.167. The highest BCUT2D eigenvalue weighted by Gasteiger charge is 2.16. The number of rotatable bonds is 4. The van der Waals surface area contributed by atoms with Crippen LogP contribution >= 0.6 is 0 Å². The smallest absolute Gasteiger partial charge is 0.241 e. The van der Waals surface area contributed by atoms with Gasteiger partial charge >= 0.3 is 0 Å². The van der Waals surface area contributed by atoms with E-state index in [1.165, 1.54) is 6.08 Å². The van der Waals surface area contributed by atoms with Gasteiger partial charge in [0.25, 0.3) is 0 Å². The molecule has 6 nitrogen and oxygen atoms in total. The van der Waals surface area contributed by atoms with E-state index in [2.05, 4.69) is 15.0 Å². The van der Waals surface area contributed by atoms with E-state index in [0.717, 1.165) is 16.7 Å². The molecular formula is C18H18N4O2. The number of carbonyl (C=O) groups excluding carboxylic acids is 1. The molecule has 24 heavy (non-hydrogen) atoms. The van der Waals surface area contributed by atoms with E-state index in [0.29, 0.717) is 16.9 Å². The van der Waals surface area contributed by atoms with Gasteiger partial charge in [0.15, 0.2) is 5.65 Å². The van der Waals surface area contributed by atoms with Crippen molar-refractivity contribution in [2.75, 3.05) is 0 Å². The van der Waals surface area contributed by atoms with Crippen molar-refractivity contribution in [2.24, 2.45) is 5.73 Å². The quantitative estimate of drug-likeness (QED) is 0.641. The lowest BCUT2D eigenvalue weighted by molar-refractivity contribution is -0.113. The van der Waals surface area contributed by atoms with Crippen LogP contribution in [0.5, 0.6) is 0 Å². The number of primary amides is 1. The zero-order valence-electron chi connectivity index (χ0n) is 13.4. The summed E-state index contributed by atoms with van der Waals surface area (Å²) in [6.07, 6.45) is 6.28. The summed E-state index contributed by atoms with van der Waals surface area (Å²) in [6, 6.07) is 7.55. The zero-order valence-corrected chi connectivity index (χ0v) is 13.4. The Labute approximate surface area is 139 Å². The SMILES string of the molecule is CC(C)(O)c1cccc(-c2cnc3[nH]cc(/C=C/C(N)=O)c3n2)c1. The van der Waals surface area contributed by atoms with Crippen LogP contribution in [0.25, 0.3) is 28.5 Å². The van der Waals surface area contributed by atoms with Crippen molar-refractivity contribution >= 4 is 23.1 Å². The van der Waals surface area contributed by atoms with Gasteiger partial charge in [-0.2, -0.15) is 0 Å². The topological polar surface area (TPSA) is 105 Å². The van der Waals surface area contributed by atoms with Crippen LogP contribution in [0.3, 0.4) is 0 Å². The Hall–Kier alpha value is -2.99. The molecule has 0 aliphatic carbocycles. The molecule has 1 aromatic carbocycles. The van der Waals surface area contributed by atoms with E-state index in [9.17, 15) is 9.90 Å². The lowest BCUT2D eigenvalue weighted by Gasteiger charge is -2.18. The van der Waals surface area contributed by atoms with Gasteiger partial charge in [-0.1, -0.05) is 18.2 Å². The summed E-state index contributed by atoms with van der Waals surface area (Å²) in [7, 11) is 0. The molecule has 0 radical (unpaired) electrons. The maximum absolute atomic E-state index is 10.9. The number of nitrogens with zero attached hydrogens (tertiary/aromatic N) is 2. The lowest BCUT2D eigenvalue weighted by atomic mass is 9.96. The molecule has 0 saturated carbocycles. The van der Waals surface area contributed by atoms with Gasteiger partial charge in [0, 0.05) is 23.4 Å². The van der Waals surface area contributed by atoms with Crippen LogP contribution in [-0.4, -0.2) is 26.0 Å². The van der Waals surface area contributed by atoms with Gasteiger partial charge in [-0.15, -0.1) is 0 Å². The second-order valence-electron chi connectivity index (χ2n) is 6.07. The van der Waals surface area contributed by atoms with Gasteiger partial charge in [0.05, 0.1) is 17.5 Å². The number of aromatic amines is 1. The molecule has 0 bridgehead atoms. The Morgan fingerprint density at radius 2 is 2.17 bits per heavy atom. The minimum absolute atomic E-state index is 0.522. The molecule has 0 atom stereocenters. The van der Waals surface area contributed by atoms with Crippen LogP contribution in [0.4, 0.5) is 0 Å². The summed E-state index contributed by atoms with van der Waals surface area (Å²) in [5.41, 5.74) is 8.55. The first-order valence-corrected chi connectivity index (χ1v) is 7.49. The fourth-order valence-electron chi connectivity index (χ4n) is 2.41. The molecule has 3 aromatic rings. The summed E-state index contributed by atoms with van der Waals surface area (Å²) < 4.78 is 0. The number of nitrogens with two attached hydrogens (primary N) is 1. The van der Waals surface area contributed by atoms with Gasteiger partial charge in [-0.3, -0.25) is 4.79 Å². The molecule has 0 spiro atoms. The van der Waals surface area contributed by atoms with E-state index in [1.807, 2.05) is 24.3 Å². The summed E-state index contributed by atoms with van der Waals surface area (Å²) in [6.45, 7) is 3.47. The number of amides is 1. The second kappa shape index (κ2) is 5.90. The number of fused-ring (bicyclic) bond motifs is 1. The van der Waals surface area contributed by atoms with Crippen molar-refractivity contribution in [3.63, 3.8) is 0 Å². The molecule has 6 heteroatoms. The highest BCUT2D eigenvalue weighted by Crippen LogP contribution is 2.26. The third kappa shape index (κ3) is 3.18. The number of carbonyl (C=O) groups is 1. The molecule has 0 aliphatic rings. The molecule has 1 amide bonds. The minimum atomic E-state index is -0.934. The number of nitrogens with one attached hydrogen (secondary N) is 1. The number of hydrogen-bond donors (Lipinski definition) is 3. The van der Waals surface area contributed by atoms with E-state index < -0.39 is 11.5 Å². The van der Waals surface area contributed by atoms with Crippen molar-refractivity contribution in [1.82, 2.24) is 15.0 Å². The van der Waals surface area contributed by atoms with Crippen molar-refractivity contribution in [3.05, 3.63) is 53.9 Å². The second-order valence-corrected chi connectivity index (χ2v) is 6.07. The number of benzene rings is 1. The maximum Gasteiger partial charge on any atom is 0.241 e. The van der Waals surface area contributed by atoms with Crippen molar-refractivity contribution in [3.8, 4) is 11.3 Å². The Morgan fingerprint density at radius 1 is 1.38 bits per heavy atom. The van der Waals surface area contributed by atoms with Gasteiger partial charge in [-0.25, -0.2) is 9.97 Å². The highest BCUT2D eigenvalue weighted by molar-refractivity contribution is 5.93. The monoisotopic (exact) mass is 322 g/mol. The average Bonchev–Trinajstić information content (AvgIpc) is 2.94. The Bertz CT molecular complexity index is 936. The zero-order chi connectivity index (χ0) is 17.3. The summed E-state index contributed by atoms with van der Waals surface area (Å²) in [4.78, 5) is 22.9. The standard InChI is InChI=1S/C18H18N4O2/c1-18(2,24)13-5-3-4-11(8-13)14-10-21-17-16(22-14)12(9-20-17)6-7-15(19)23/h3-10,24H,1-2H3,(H2,19,23)(H,20,21)/b7-6+. The Kier molecular flexibility index (Phi) is 3.91. The van der Waals surface area contributed by atoms with E-state index >= 15 is 0 Å². The van der Waals surface area contributed by atoms with Gasteiger partial charge in [0.1, 0.15) is 5.52 Å². The van der Waals surface area contributed by atoms with Gasteiger partial charge in [0.2, 0.25) is 5.91 Å². The first-order chi connectivity index (χ1) is 11.3. The maximum atomic E-state index is 10.9. The van der Waals surface area contributed by atoms with Crippen molar-refractivity contribution < 1.29 is 9.90 Å². The summed E-state index contributed by atoms with van der Waals surface area (Å²) in [5.74, 6) is -0.522. The highest BCUT2D eigenvalue weighted by atomic mass is 16.3. The molecule has 2 aromatic heterocycles. The number of aliphatic hydroxyl groups is 1. The number of hydrogen-bond acceptors (Lipinski definition) is 4. The largest absolute Gasteiger partial charge is 0.386 e. The van der Waals surface area contributed by atoms with Crippen molar-refractivity contribution in [2.45, 2.75) is 19.4 Å². The normalized spacial score (nSPS) is 12.1.